The molecule has 1 saturated carbocycles. The van der Waals surface area contributed by atoms with Gasteiger partial charge in [-0.1, -0.05) is 19.3 Å². The second-order valence-electron chi connectivity index (χ2n) is 5.76. The van der Waals surface area contributed by atoms with E-state index >= 15 is 0 Å². The summed E-state index contributed by atoms with van der Waals surface area (Å²) in [6.45, 7) is 0. The monoisotopic (exact) mass is 329 g/mol. The Bertz CT molecular complexity index is 563. The van der Waals surface area contributed by atoms with Crippen LogP contribution in [0.25, 0.3) is 0 Å². The van der Waals surface area contributed by atoms with Crippen molar-refractivity contribution < 1.29 is 27.9 Å². The molecular formula is C16H18F3NO3. The summed E-state index contributed by atoms with van der Waals surface area (Å²) >= 11 is 0. The minimum Gasteiger partial charge on any atom is -0.480 e. The molecule has 126 valence electrons. The first kappa shape index (κ1) is 17.3. The summed E-state index contributed by atoms with van der Waals surface area (Å²) in [7, 11) is 0. The molecule has 0 bridgehead atoms. The minimum absolute atomic E-state index is 0.0139. The highest BCUT2D eigenvalue weighted by molar-refractivity contribution is 5.96. The largest absolute Gasteiger partial charge is 0.480 e. The molecule has 0 aromatic heterocycles. The fourth-order valence-electron chi connectivity index (χ4n) is 2.88. The second-order valence-corrected chi connectivity index (χ2v) is 5.76. The first-order valence-corrected chi connectivity index (χ1v) is 7.50. The molecule has 0 aliphatic heterocycles. The lowest BCUT2D eigenvalue weighted by molar-refractivity contribution is -0.141. The standard InChI is InChI=1S/C16H18F3NO3/c17-16(18,19)12-8-6-11(7-9-12)14(21)20-13(15(22)23)10-4-2-1-3-5-10/h6-10,13H,1-5H2,(H,20,21)(H,22,23)/t13-/m1/s1. The molecule has 0 heterocycles. The van der Waals surface area contributed by atoms with E-state index in [1.165, 1.54) is 0 Å². The average Bonchev–Trinajstić information content (AvgIpc) is 2.52. The maximum atomic E-state index is 12.5. The lowest BCUT2D eigenvalue weighted by atomic mass is 9.84. The number of carboxylic acid groups (broad SMARTS) is 1. The lowest BCUT2D eigenvalue weighted by Gasteiger charge is -2.28. The summed E-state index contributed by atoms with van der Waals surface area (Å²) in [5, 5.41) is 11.7. The fraction of sp³-hybridized carbons (Fsp3) is 0.500. The van der Waals surface area contributed by atoms with Gasteiger partial charge in [-0.25, -0.2) is 4.79 Å². The van der Waals surface area contributed by atoms with Crippen molar-refractivity contribution in [3.05, 3.63) is 35.4 Å². The number of hydrogen-bond donors (Lipinski definition) is 2. The summed E-state index contributed by atoms with van der Waals surface area (Å²) < 4.78 is 37.5. The SMILES string of the molecule is O=C(N[C@@H](C(=O)O)C1CCCCC1)c1ccc(C(F)(F)F)cc1. The maximum Gasteiger partial charge on any atom is 0.416 e. The van der Waals surface area contributed by atoms with E-state index in [-0.39, 0.29) is 11.5 Å². The Hall–Kier alpha value is -2.05. The van der Waals surface area contributed by atoms with Gasteiger partial charge in [-0.05, 0) is 43.0 Å². The summed E-state index contributed by atoms with van der Waals surface area (Å²) in [5.41, 5.74) is -0.837. The van der Waals surface area contributed by atoms with Crippen LogP contribution in [0.1, 0.15) is 48.0 Å². The van der Waals surface area contributed by atoms with Crippen molar-refractivity contribution in [2.24, 2.45) is 5.92 Å². The number of carbonyl (C=O) groups excluding carboxylic acids is 1. The Labute approximate surface area is 131 Å². The maximum absolute atomic E-state index is 12.5. The van der Waals surface area contributed by atoms with E-state index in [1.54, 1.807) is 0 Å². The zero-order valence-electron chi connectivity index (χ0n) is 12.4. The molecule has 0 unspecified atom stereocenters. The van der Waals surface area contributed by atoms with Crippen molar-refractivity contribution >= 4 is 11.9 Å². The zero-order valence-corrected chi connectivity index (χ0v) is 12.4. The van der Waals surface area contributed by atoms with Crippen LogP contribution < -0.4 is 5.32 Å². The van der Waals surface area contributed by atoms with Crippen LogP contribution in [0.4, 0.5) is 13.2 Å². The Kier molecular flexibility index (Phi) is 5.28. The van der Waals surface area contributed by atoms with Gasteiger partial charge in [0, 0.05) is 5.56 Å². The van der Waals surface area contributed by atoms with Gasteiger partial charge in [0.25, 0.3) is 5.91 Å². The van der Waals surface area contributed by atoms with Gasteiger partial charge in [-0.2, -0.15) is 13.2 Å². The molecule has 1 aromatic carbocycles. The summed E-state index contributed by atoms with van der Waals surface area (Å²) in [6, 6.07) is 2.72. The van der Waals surface area contributed by atoms with Crippen molar-refractivity contribution in [1.82, 2.24) is 5.32 Å². The first-order valence-electron chi connectivity index (χ1n) is 7.50. The Morgan fingerprint density at radius 1 is 1.09 bits per heavy atom. The quantitative estimate of drug-likeness (QED) is 0.889. The zero-order chi connectivity index (χ0) is 17.0. The van der Waals surface area contributed by atoms with Gasteiger partial charge >= 0.3 is 12.1 Å². The number of nitrogens with one attached hydrogen (secondary N) is 1. The number of amides is 1. The average molecular weight is 329 g/mol. The molecule has 1 aliphatic carbocycles. The third-order valence-electron chi connectivity index (χ3n) is 4.15. The number of aliphatic carboxylic acids is 1. The molecule has 1 aliphatic rings. The first-order chi connectivity index (χ1) is 10.8. The van der Waals surface area contributed by atoms with Crippen LogP contribution in [0.3, 0.4) is 0 Å². The van der Waals surface area contributed by atoms with Gasteiger partial charge in [-0.3, -0.25) is 4.79 Å². The number of hydrogen-bond acceptors (Lipinski definition) is 2. The summed E-state index contributed by atoms with van der Waals surface area (Å²) in [5.74, 6) is -1.92. The van der Waals surface area contributed by atoms with Crippen LogP contribution in [0.5, 0.6) is 0 Å². The smallest absolute Gasteiger partial charge is 0.416 e. The summed E-state index contributed by atoms with van der Waals surface area (Å²) in [6.07, 6.45) is -0.125. The molecule has 1 aromatic rings. The summed E-state index contributed by atoms with van der Waals surface area (Å²) in [4.78, 5) is 23.5. The van der Waals surface area contributed by atoms with Gasteiger partial charge in [0.1, 0.15) is 6.04 Å². The van der Waals surface area contributed by atoms with Gasteiger partial charge in [-0.15, -0.1) is 0 Å². The highest BCUT2D eigenvalue weighted by Crippen LogP contribution is 2.29. The van der Waals surface area contributed by atoms with Crippen LogP contribution in [-0.4, -0.2) is 23.0 Å². The minimum atomic E-state index is -4.47. The van der Waals surface area contributed by atoms with Gasteiger partial charge in [0.15, 0.2) is 0 Å². The number of halogens is 3. The Morgan fingerprint density at radius 3 is 2.13 bits per heavy atom. The highest BCUT2D eigenvalue weighted by Gasteiger charge is 2.32. The predicted octanol–water partition coefficient (Wildman–Crippen LogP) is 3.47. The van der Waals surface area contributed by atoms with Crippen LogP contribution >= 0.6 is 0 Å². The second kappa shape index (κ2) is 7.02. The van der Waals surface area contributed by atoms with E-state index in [4.69, 9.17) is 0 Å². The van der Waals surface area contributed by atoms with Crippen LogP contribution in [0, 0.1) is 5.92 Å². The molecule has 0 radical (unpaired) electrons. The molecule has 1 amide bonds. The van der Waals surface area contributed by atoms with E-state index in [9.17, 15) is 27.9 Å². The third-order valence-corrected chi connectivity index (χ3v) is 4.15. The molecule has 1 atom stereocenters. The number of alkyl halides is 3. The molecule has 7 heteroatoms. The number of carbonyl (C=O) groups is 2. The van der Waals surface area contributed by atoms with Crippen LogP contribution in [-0.2, 0) is 11.0 Å². The van der Waals surface area contributed by atoms with E-state index in [1.807, 2.05) is 0 Å². The fourth-order valence-corrected chi connectivity index (χ4v) is 2.88. The molecular weight excluding hydrogens is 311 g/mol. The normalized spacial score (nSPS) is 17.5. The van der Waals surface area contributed by atoms with E-state index in [0.29, 0.717) is 0 Å². The molecule has 4 nitrogen and oxygen atoms in total. The number of benzene rings is 1. The molecule has 0 saturated heterocycles. The highest BCUT2D eigenvalue weighted by atomic mass is 19.4. The molecule has 2 N–H and O–H groups in total. The Morgan fingerprint density at radius 2 is 1.65 bits per heavy atom. The van der Waals surface area contributed by atoms with Crippen molar-refractivity contribution in [2.45, 2.75) is 44.3 Å². The Balaban J connectivity index is 2.07. The van der Waals surface area contributed by atoms with Crippen molar-refractivity contribution in [2.75, 3.05) is 0 Å². The molecule has 2 rings (SSSR count). The van der Waals surface area contributed by atoms with Gasteiger partial charge < -0.3 is 10.4 Å². The topological polar surface area (TPSA) is 66.4 Å². The van der Waals surface area contributed by atoms with Crippen molar-refractivity contribution in [1.29, 1.82) is 0 Å². The number of rotatable bonds is 4. The van der Waals surface area contributed by atoms with E-state index in [0.717, 1.165) is 56.4 Å². The van der Waals surface area contributed by atoms with Gasteiger partial charge in [0.2, 0.25) is 0 Å². The van der Waals surface area contributed by atoms with Gasteiger partial charge in [0.05, 0.1) is 5.56 Å². The van der Waals surface area contributed by atoms with Crippen LogP contribution in [0.15, 0.2) is 24.3 Å². The molecule has 1 fully saturated rings. The predicted molar refractivity (Wildman–Crippen MR) is 76.9 cm³/mol. The molecule has 23 heavy (non-hydrogen) atoms. The van der Waals surface area contributed by atoms with E-state index in [2.05, 4.69) is 5.32 Å². The lowest BCUT2D eigenvalue weighted by Crippen LogP contribution is -2.46. The third kappa shape index (κ3) is 4.46. The van der Waals surface area contributed by atoms with Crippen molar-refractivity contribution in [3.63, 3.8) is 0 Å². The number of carboxylic acids is 1. The molecule has 0 spiro atoms. The van der Waals surface area contributed by atoms with E-state index < -0.39 is 29.7 Å². The van der Waals surface area contributed by atoms with Crippen LogP contribution in [0.2, 0.25) is 0 Å². The van der Waals surface area contributed by atoms with Crippen molar-refractivity contribution in [3.8, 4) is 0 Å².